The number of carbonyl (C=O) groups is 1. The Morgan fingerprint density at radius 1 is 1.12 bits per heavy atom. The molecule has 3 N–H and O–H groups in total. The molecule has 0 bridgehead atoms. The lowest BCUT2D eigenvalue weighted by molar-refractivity contribution is -0.132. The van der Waals surface area contributed by atoms with Gasteiger partial charge in [-0.3, -0.25) is 14.6 Å². The van der Waals surface area contributed by atoms with Crippen LogP contribution < -0.4 is 10.5 Å². The van der Waals surface area contributed by atoms with Crippen LogP contribution in [0.15, 0.2) is 95.8 Å². The maximum atomic E-state index is 12.1. The summed E-state index contributed by atoms with van der Waals surface area (Å²) in [6.07, 6.45) is 4.74. The summed E-state index contributed by atoms with van der Waals surface area (Å²) in [5.41, 5.74) is 12.3. The van der Waals surface area contributed by atoms with E-state index in [4.69, 9.17) is 15.5 Å². The topological polar surface area (TPSA) is 119 Å². The van der Waals surface area contributed by atoms with Gasteiger partial charge in [0.05, 0.1) is 22.7 Å². The molecule has 2 aliphatic rings. The van der Waals surface area contributed by atoms with E-state index in [1.54, 1.807) is 4.68 Å². The summed E-state index contributed by atoms with van der Waals surface area (Å²) in [5.74, 6) is -0.150. The van der Waals surface area contributed by atoms with Crippen LogP contribution in [0.25, 0.3) is 11.1 Å². The van der Waals surface area contributed by atoms with E-state index in [0.717, 1.165) is 54.7 Å². The number of rotatable bonds is 9. The number of fused-ring (bicyclic) bond motifs is 1. The molecule has 9 heteroatoms. The molecule has 2 heterocycles. The SMILES string of the molecule is CCC1c2ccccc2OCCN1Cc1cccc(-c2cccc(N=C(C(=CN)C(=O)O)C3C[C@@H]3c3cn(C)nn3)c2)c1. The molecule has 3 aromatic carbocycles. The first kappa shape index (κ1) is 28.4. The fourth-order valence-corrected chi connectivity index (χ4v) is 6.13. The zero-order valence-electron chi connectivity index (χ0n) is 24.4. The second kappa shape index (κ2) is 12.2. The van der Waals surface area contributed by atoms with E-state index >= 15 is 0 Å². The first-order valence-corrected chi connectivity index (χ1v) is 14.7. The Morgan fingerprint density at radius 2 is 1.91 bits per heavy atom. The highest BCUT2D eigenvalue weighted by molar-refractivity contribution is 6.21. The maximum Gasteiger partial charge on any atom is 0.339 e. The van der Waals surface area contributed by atoms with Crippen molar-refractivity contribution >= 4 is 17.4 Å². The number of hydrogen-bond acceptors (Lipinski definition) is 7. The Kier molecular flexibility index (Phi) is 8.07. The van der Waals surface area contributed by atoms with Crippen LogP contribution in [0, 0.1) is 5.92 Å². The number of benzene rings is 3. The predicted molar refractivity (Wildman–Crippen MR) is 166 cm³/mol. The second-order valence-electron chi connectivity index (χ2n) is 11.2. The number of carboxylic acid groups (broad SMARTS) is 1. The van der Waals surface area contributed by atoms with Gasteiger partial charge in [-0.15, -0.1) is 5.10 Å². The van der Waals surface area contributed by atoms with Gasteiger partial charge in [0.25, 0.3) is 0 Å². The first-order valence-electron chi connectivity index (χ1n) is 14.7. The zero-order valence-corrected chi connectivity index (χ0v) is 24.4. The number of aliphatic imine (C=N–C) groups is 1. The summed E-state index contributed by atoms with van der Waals surface area (Å²) in [7, 11) is 1.81. The van der Waals surface area contributed by atoms with Gasteiger partial charge in [-0.1, -0.05) is 60.7 Å². The Bertz CT molecular complexity index is 1690. The molecule has 0 saturated heterocycles. The monoisotopic (exact) mass is 576 g/mol. The number of para-hydroxylation sites is 1. The number of aryl methyl sites for hydroxylation is 1. The minimum Gasteiger partial charge on any atom is -0.492 e. The number of hydrogen-bond donors (Lipinski definition) is 2. The lowest BCUT2D eigenvalue weighted by Crippen LogP contribution is -2.29. The number of aliphatic carboxylic acids is 1. The van der Waals surface area contributed by atoms with Crippen LogP contribution in [-0.4, -0.2) is 49.8 Å². The van der Waals surface area contributed by atoms with Crippen LogP contribution in [0.3, 0.4) is 0 Å². The van der Waals surface area contributed by atoms with Crippen LogP contribution in [0.2, 0.25) is 0 Å². The van der Waals surface area contributed by atoms with Gasteiger partial charge in [0.1, 0.15) is 12.4 Å². The van der Waals surface area contributed by atoms with Crippen molar-refractivity contribution in [1.82, 2.24) is 19.9 Å². The highest BCUT2D eigenvalue weighted by Crippen LogP contribution is 2.49. The third-order valence-electron chi connectivity index (χ3n) is 8.30. The van der Waals surface area contributed by atoms with Crippen molar-refractivity contribution in [2.24, 2.45) is 23.7 Å². The minimum absolute atomic E-state index is 0.0114. The third-order valence-corrected chi connectivity index (χ3v) is 8.30. The van der Waals surface area contributed by atoms with Crippen LogP contribution in [0.4, 0.5) is 5.69 Å². The predicted octanol–water partition coefficient (Wildman–Crippen LogP) is 5.63. The molecule has 0 amide bonds. The van der Waals surface area contributed by atoms with E-state index in [9.17, 15) is 9.90 Å². The van der Waals surface area contributed by atoms with E-state index < -0.39 is 5.97 Å². The molecule has 9 nitrogen and oxygen atoms in total. The largest absolute Gasteiger partial charge is 0.492 e. The van der Waals surface area contributed by atoms with E-state index in [-0.39, 0.29) is 23.5 Å². The van der Waals surface area contributed by atoms with E-state index in [0.29, 0.717) is 18.0 Å². The zero-order chi connectivity index (χ0) is 29.9. The van der Waals surface area contributed by atoms with Crippen LogP contribution in [0.1, 0.15) is 48.5 Å². The van der Waals surface area contributed by atoms with Gasteiger partial charge in [0.2, 0.25) is 0 Å². The first-order chi connectivity index (χ1) is 20.9. The maximum absolute atomic E-state index is 12.1. The van der Waals surface area contributed by atoms with Crippen molar-refractivity contribution in [3.63, 3.8) is 0 Å². The Labute approximate surface area is 251 Å². The average Bonchev–Trinajstić information content (AvgIpc) is 3.73. The van der Waals surface area contributed by atoms with Crippen LogP contribution in [0.5, 0.6) is 5.75 Å². The molecule has 1 aromatic heterocycles. The summed E-state index contributed by atoms with van der Waals surface area (Å²) in [5, 5.41) is 18.1. The standard InChI is InChI=1S/C34H36N6O3/c1-3-31-26-12-4-5-13-32(26)43-15-14-40(31)20-22-8-6-9-23(16-22)24-10-7-11-25(17-24)36-33(29(19-35)34(41)42)28-18-27(28)30-21-39(2)38-37-30/h4-13,16-17,19,21,27-28,31H,3,14-15,18,20,35H2,1-2H3,(H,41,42)/t27-,28?,31?/m0/s1. The quantitative estimate of drug-likeness (QED) is 0.196. The second-order valence-corrected chi connectivity index (χ2v) is 11.2. The third kappa shape index (κ3) is 6.08. The molecule has 2 unspecified atom stereocenters. The Balaban J connectivity index is 1.27. The summed E-state index contributed by atoms with van der Waals surface area (Å²) >= 11 is 0. The van der Waals surface area contributed by atoms with Crippen molar-refractivity contribution < 1.29 is 14.6 Å². The number of carboxylic acids is 1. The molecule has 1 aliphatic heterocycles. The minimum atomic E-state index is -1.10. The highest BCUT2D eigenvalue weighted by Gasteiger charge is 2.46. The lowest BCUT2D eigenvalue weighted by Gasteiger charge is -2.29. The smallest absolute Gasteiger partial charge is 0.339 e. The van der Waals surface area contributed by atoms with Crippen molar-refractivity contribution in [1.29, 1.82) is 0 Å². The summed E-state index contributed by atoms with van der Waals surface area (Å²) < 4.78 is 7.72. The van der Waals surface area contributed by atoms with E-state index in [1.165, 1.54) is 11.1 Å². The van der Waals surface area contributed by atoms with Gasteiger partial charge in [-0.25, -0.2) is 4.79 Å². The van der Waals surface area contributed by atoms with Crippen LogP contribution in [-0.2, 0) is 18.4 Å². The van der Waals surface area contributed by atoms with Crippen molar-refractivity contribution in [3.8, 4) is 16.9 Å². The Hall–Kier alpha value is -4.76. The van der Waals surface area contributed by atoms with Gasteiger partial charge in [-0.05, 0) is 53.8 Å². The normalized spacial score (nSPS) is 20.7. The van der Waals surface area contributed by atoms with Crippen LogP contribution >= 0.6 is 0 Å². The molecular formula is C34H36N6O3. The number of aromatic nitrogens is 3. The molecule has 0 radical (unpaired) electrons. The van der Waals surface area contributed by atoms with Gasteiger partial charge < -0.3 is 15.6 Å². The molecule has 3 atom stereocenters. The number of ether oxygens (including phenoxy) is 1. The summed E-state index contributed by atoms with van der Waals surface area (Å²) in [4.78, 5) is 19.4. The average molecular weight is 577 g/mol. The Morgan fingerprint density at radius 3 is 2.65 bits per heavy atom. The van der Waals surface area contributed by atoms with Gasteiger partial charge in [-0.2, -0.15) is 0 Å². The molecule has 43 heavy (non-hydrogen) atoms. The highest BCUT2D eigenvalue weighted by atomic mass is 16.5. The molecule has 220 valence electrons. The molecular weight excluding hydrogens is 540 g/mol. The lowest BCUT2D eigenvalue weighted by atomic mass is 9.99. The van der Waals surface area contributed by atoms with Gasteiger partial charge in [0, 0.05) is 56.0 Å². The summed E-state index contributed by atoms with van der Waals surface area (Å²) in [6.45, 7) is 4.54. The molecule has 1 aliphatic carbocycles. The van der Waals surface area contributed by atoms with E-state index in [1.807, 2.05) is 37.5 Å². The molecule has 1 fully saturated rings. The molecule has 1 saturated carbocycles. The van der Waals surface area contributed by atoms with Gasteiger partial charge in [0.15, 0.2) is 0 Å². The number of nitrogens with zero attached hydrogens (tertiary/aromatic N) is 5. The van der Waals surface area contributed by atoms with E-state index in [2.05, 4.69) is 70.7 Å². The van der Waals surface area contributed by atoms with Crippen molar-refractivity contribution in [2.75, 3.05) is 13.2 Å². The summed E-state index contributed by atoms with van der Waals surface area (Å²) in [6, 6.07) is 25.1. The fraction of sp³-hybridized carbons (Fsp3) is 0.294. The number of nitrogens with two attached hydrogens (primary N) is 1. The fourth-order valence-electron chi connectivity index (χ4n) is 6.13. The molecule has 0 spiro atoms. The van der Waals surface area contributed by atoms with Crippen molar-refractivity contribution in [2.45, 2.75) is 38.3 Å². The molecule has 6 rings (SSSR count). The van der Waals surface area contributed by atoms with Gasteiger partial charge >= 0.3 is 5.97 Å². The molecule has 4 aromatic rings. The van der Waals surface area contributed by atoms with Crippen molar-refractivity contribution in [3.05, 3.63) is 108 Å².